The van der Waals surface area contributed by atoms with Gasteiger partial charge in [-0.1, -0.05) is 18.2 Å². The van der Waals surface area contributed by atoms with Gasteiger partial charge >= 0.3 is 0 Å². The van der Waals surface area contributed by atoms with Crippen molar-refractivity contribution in [2.75, 3.05) is 25.5 Å². The summed E-state index contributed by atoms with van der Waals surface area (Å²) in [6.07, 6.45) is 4.02. The van der Waals surface area contributed by atoms with Gasteiger partial charge in [-0.15, -0.1) is 0 Å². The van der Waals surface area contributed by atoms with E-state index in [0.717, 1.165) is 54.5 Å². The first kappa shape index (κ1) is 17.3. The van der Waals surface area contributed by atoms with E-state index in [0.29, 0.717) is 5.89 Å². The minimum Gasteiger partial charge on any atom is -0.438 e. The van der Waals surface area contributed by atoms with Gasteiger partial charge in [0.1, 0.15) is 11.6 Å². The average molecular weight is 375 g/mol. The molecule has 2 aliphatic rings. The fraction of sp³-hybridized carbons (Fsp3) is 0.391. The third kappa shape index (κ3) is 3.05. The number of oxazole rings is 1. The molecule has 1 saturated carbocycles. The summed E-state index contributed by atoms with van der Waals surface area (Å²) in [6, 6.07) is 14.6. The lowest BCUT2D eigenvalue weighted by Gasteiger charge is -2.22. The van der Waals surface area contributed by atoms with Crippen molar-refractivity contribution in [3.8, 4) is 11.1 Å². The monoisotopic (exact) mass is 375 g/mol. The van der Waals surface area contributed by atoms with Gasteiger partial charge in [-0.3, -0.25) is 4.79 Å². The fourth-order valence-corrected chi connectivity index (χ4v) is 4.07. The summed E-state index contributed by atoms with van der Waals surface area (Å²) in [5, 5.41) is 0. The molecule has 2 fully saturated rings. The number of likely N-dealkylation sites (tertiary alicyclic amines) is 1. The maximum absolute atomic E-state index is 12.6. The molecule has 1 aliphatic heterocycles. The second kappa shape index (κ2) is 6.66. The number of hydrogen-bond donors (Lipinski definition) is 0. The average Bonchev–Trinajstić information content (AvgIpc) is 3.29. The van der Waals surface area contributed by atoms with Crippen molar-refractivity contribution in [2.45, 2.75) is 31.7 Å². The molecule has 1 aromatic heterocycles. The number of fused-ring (bicyclic) bond motifs is 1. The molecule has 28 heavy (non-hydrogen) atoms. The van der Waals surface area contributed by atoms with E-state index < -0.39 is 0 Å². The number of rotatable bonds is 4. The lowest BCUT2D eigenvalue weighted by Crippen LogP contribution is -2.31. The third-order valence-corrected chi connectivity index (χ3v) is 5.87. The van der Waals surface area contributed by atoms with Crippen LogP contribution in [0.4, 0.5) is 5.69 Å². The van der Waals surface area contributed by atoms with Crippen LogP contribution >= 0.6 is 0 Å². The van der Waals surface area contributed by atoms with Gasteiger partial charge in [-0.25, -0.2) is 4.98 Å². The molecule has 2 heterocycles. The predicted octanol–water partition coefficient (Wildman–Crippen LogP) is 4.63. The van der Waals surface area contributed by atoms with Crippen LogP contribution in [0.15, 0.2) is 46.9 Å². The quantitative estimate of drug-likeness (QED) is 0.667. The highest BCUT2D eigenvalue weighted by Crippen LogP contribution is 2.39. The zero-order valence-corrected chi connectivity index (χ0v) is 16.4. The van der Waals surface area contributed by atoms with Crippen LogP contribution in [0.2, 0.25) is 0 Å². The van der Waals surface area contributed by atoms with Crippen molar-refractivity contribution < 1.29 is 9.21 Å². The summed E-state index contributed by atoms with van der Waals surface area (Å²) in [7, 11) is 4.08. The van der Waals surface area contributed by atoms with E-state index >= 15 is 0 Å². The van der Waals surface area contributed by atoms with Crippen LogP contribution in [0.1, 0.15) is 37.6 Å². The Labute approximate surface area is 165 Å². The zero-order valence-electron chi connectivity index (χ0n) is 16.4. The van der Waals surface area contributed by atoms with E-state index in [9.17, 15) is 4.79 Å². The number of amides is 1. The Balaban J connectivity index is 1.44. The molecule has 5 heteroatoms. The van der Waals surface area contributed by atoms with E-state index in [1.165, 1.54) is 5.69 Å². The van der Waals surface area contributed by atoms with Crippen LogP contribution in [0.5, 0.6) is 0 Å². The Morgan fingerprint density at radius 3 is 2.54 bits per heavy atom. The smallest absolute Gasteiger partial charge is 0.226 e. The summed E-state index contributed by atoms with van der Waals surface area (Å²) in [5.74, 6) is 1.20. The highest BCUT2D eigenvalue weighted by atomic mass is 16.3. The van der Waals surface area contributed by atoms with E-state index in [2.05, 4.69) is 41.3 Å². The summed E-state index contributed by atoms with van der Waals surface area (Å²) in [6.45, 7) is 0.822. The van der Waals surface area contributed by atoms with Crippen molar-refractivity contribution in [3.05, 3.63) is 48.4 Å². The maximum Gasteiger partial charge on any atom is 0.226 e. The van der Waals surface area contributed by atoms with Gasteiger partial charge in [-0.05, 0) is 61.1 Å². The molecule has 144 valence electrons. The normalized spacial score (nSPS) is 19.4. The van der Waals surface area contributed by atoms with E-state index in [1.54, 1.807) is 0 Å². The Bertz CT molecular complexity index is 1020. The summed E-state index contributed by atoms with van der Waals surface area (Å²) >= 11 is 0. The first-order chi connectivity index (χ1) is 13.6. The minimum atomic E-state index is -0.0108. The summed E-state index contributed by atoms with van der Waals surface area (Å²) < 4.78 is 6.06. The van der Waals surface area contributed by atoms with Gasteiger partial charge in [0.2, 0.25) is 11.8 Å². The van der Waals surface area contributed by atoms with E-state index in [-0.39, 0.29) is 17.9 Å². The second-order valence-electron chi connectivity index (χ2n) is 8.14. The Kier molecular flexibility index (Phi) is 4.11. The van der Waals surface area contributed by atoms with Crippen molar-refractivity contribution >= 4 is 22.7 Å². The van der Waals surface area contributed by atoms with Gasteiger partial charge in [0.05, 0.1) is 0 Å². The van der Waals surface area contributed by atoms with Gasteiger partial charge in [0.25, 0.3) is 0 Å². The van der Waals surface area contributed by atoms with Gasteiger partial charge in [0.15, 0.2) is 5.58 Å². The molecule has 5 rings (SSSR count). The molecular weight excluding hydrogens is 350 g/mol. The highest BCUT2D eigenvalue weighted by molar-refractivity contribution is 5.83. The summed E-state index contributed by atoms with van der Waals surface area (Å²) in [5.41, 5.74) is 5.10. The molecule has 0 N–H and O–H groups in total. The van der Waals surface area contributed by atoms with Gasteiger partial charge in [0, 0.05) is 32.2 Å². The second-order valence-corrected chi connectivity index (χ2v) is 8.14. The molecule has 1 aliphatic carbocycles. The molecule has 0 radical (unpaired) electrons. The van der Waals surface area contributed by atoms with Gasteiger partial charge < -0.3 is 14.2 Å². The molecule has 0 spiro atoms. The van der Waals surface area contributed by atoms with E-state index in [1.807, 2.05) is 25.1 Å². The first-order valence-electron chi connectivity index (χ1n) is 10.1. The molecule has 2 aromatic carbocycles. The molecule has 5 nitrogen and oxygen atoms in total. The van der Waals surface area contributed by atoms with E-state index in [4.69, 9.17) is 9.40 Å². The van der Waals surface area contributed by atoms with Crippen molar-refractivity contribution in [1.82, 2.24) is 9.88 Å². The van der Waals surface area contributed by atoms with Crippen LogP contribution in [0, 0.1) is 5.92 Å². The number of benzene rings is 2. The standard InChI is InChI=1S/C23H25N3O2/c1-25(2)18-10-7-15(8-11-18)17-9-12-21-19(14-17)24-22(28-21)20-4-3-13-26(20)23(27)16-5-6-16/h7-12,14,16,20H,3-6,13H2,1-2H3/t20-/m0/s1. The lowest BCUT2D eigenvalue weighted by molar-refractivity contribution is -0.133. The number of carbonyl (C=O) groups is 1. The lowest BCUT2D eigenvalue weighted by atomic mass is 10.0. The van der Waals surface area contributed by atoms with Crippen LogP contribution in [0.25, 0.3) is 22.2 Å². The Morgan fingerprint density at radius 1 is 1.07 bits per heavy atom. The summed E-state index contributed by atoms with van der Waals surface area (Å²) in [4.78, 5) is 21.4. The maximum atomic E-state index is 12.6. The molecular formula is C23H25N3O2. The minimum absolute atomic E-state index is 0.0108. The molecule has 1 atom stereocenters. The number of aromatic nitrogens is 1. The Hall–Kier alpha value is -2.82. The largest absolute Gasteiger partial charge is 0.438 e. The zero-order chi connectivity index (χ0) is 19.3. The van der Waals surface area contributed by atoms with Crippen molar-refractivity contribution in [1.29, 1.82) is 0 Å². The van der Waals surface area contributed by atoms with Crippen molar-refractivity contribution in [2.24, 2.45) is 5.92 Å². The number of hydrogen-bond acceptors (Lipinski definition) is 4. The topological polar surface area (TPSA) is 49.6 Å². The van der Waals surface area contributed by atoms with Crippen LogP contribution in [0.3, 0.4) is 0 Å². The first-order valence-corrected chi connectivity index (χ1v) is 10.1. The molecule has 0 unspecified atom stereocenters. The van der Waals surface area contributed by atoms with Crippen molar-refractivity contribution in [3.63, 3.8) is 0 Å². The Morgan fingerprint density at radius 2 is 1.82 bits per heavy atom. The highest BCUT2D eigenvalue weighted by Gasteiger charge is 2.40. The van der Waals surface area contributed by atoms with Gasteiger partial charge in [-0.2, -0.15) is 0 Å². The third-order valence-electron chi connectivity index (χ3n) is 5.87. The molecule has 0 bridgehead atoms. The predicted molar refractivity (Wildman–Crippen MR) is 110 cm³/mol. The molecule has 1 amide bonds. The number of nitrogens with zero attached hydrogens (tertiary/aromatic N) is 3. The SMILES string of the molecule is CN(C)c1ccc(-c2ccc3oc([C@@H]4CCCN4C(=O)C4CC4)nc3c2)cc1. The van der Waals surface area contributed by atoms with Crippen LogP contribution in [-0.4, -0.2) is 36.4 Å². The fourth-order valence-electron chi connectivity index (χ4n) is 4.07. The van der Waals surface area contributed by atoms with Crippen LogP contribution < -0.4 is 4.90 Å². The molecule has 1 saturated heterocycles. The van der Waals surface area contributed by atoms with Crippen LogP contribution in [-0.2, 0) is 4.79 Å². The number of anilines is 1. The number of carbonyl (C=O) groups excluding carboxylic acids is 1. The molecule has 3 aromatic rings.